The molecule has 0 fully saturated rings. The van der Waals surface area contributed by atoms with Crippen molar-refractivity contribution in [1.29, 1.82) is 0 Å². The van der Waals surface area contributed by atoms with Crippen LogP contribution in [-0.2, 0) is 19.6 Å². The molecule has 0 saturated heterocycles. The van der Waals surface area contributed by atoms with Crippen LogP contribution < -0.4 is 9.62 Å². The number of anilines is 1. The van der Waals surface area contributed by atoms with Gasteiger partial charge in [-0.25, -0.2) is 8.42 Å². The van der Waals surface area contributed by atoms with Crippen molar-refractivity contribution in [1.82, 2.24) is 5.32 Å². The van der Waals surface area contributed by atoms with E-state index in [2.05, 4.69) is 34.8 Å². The fourth-order valence-electron chi connectivity index (χ4n) is 3.63. The average Bonchev–Trinajstić information content (AvgIpc) is 2.79. The molecule has 1 atom stereocenters. The van der Waals surface area contributed by atoms with E-state index in [1.165, 1.54) is 30.0 Å². The Balaban J connectivity index is 0.00000101. The van der Waals surface area contributed by atoms with Crippen molar-refractivity contribution in [2.45, 2.75) is 50.0 Å². The maximum atomic E-state index is 13.2. The van der Waals surface area contributed by atoms with Gasteiger partial charge in [-0.05, 0) is 64.9 Å². The lowest BCUT2D eigenvalue weighted by molar-refractivity contribution is -0.191. The summed E-state index contributed by atoms with van der Waals surface area (Å²) in [5, 5.41) is 3.64. The largest absolute Gasteiger partial charge is 0.373 e. The first kappa shape index (κ1) is 24.5. The SMILES string of the molecule is CCCCCCCNC1c2ccccc2N(C)S(=O)(=O)c2cc(I)ccc21.O=C=O. The summed E-state index contributed by atoms with van der Waals surface area (Å²) in [7, 11) is -1.94. The molecule has 2 aromatic carbocycles. The van der Waals surface area contributed by atoms with Gasteiger partial charge in [0, 0.05) is 10.6 Å². The van der Waals surface area contributed by atoms with Crippen LogP contribution in [-0.4, -0.2) is 28.2 Å². The highest BCUT2D eigenvalue weighted by atomic mass is 127. The summed E-state index contributed by atoms with van der Waals surface area (Å²) >= 11 is 2.17. The van der Waals surface area contributed by atoms with Gasteiger partial charge in [0.1, 0.15) is 0 Å². The number of hydrogen-bond donors (Lipinski definition) is 1. The molecule has 2 aromatic rings. The number of unbranched alkanes of at least 4 members (excludes halogenated alkanes) is 4. The van der Waals surface area contributed by atoms with Crippen LogP contribution in [0.2, 0.25) is 0 Å². The Bertz CT molecular complexity index is 988. The molecule has 6 nitrogen and oxygen atoms in total. The number of nitrogens with one attached hydrogen (secondary N) is 1. The van der Waals surface area contributed by atoms with Gasteiger partial charge in [-0.15, -0.1) is 0 Å². The van der Waals surface area contributed by atoms with E-state index in [4.69, 9.17) is 9.59 Å². The van der Waals surface area contributed by atoms with Crippen molar-refractivity contribution < 1.29 is 18.0 Å². The summed E-state index contributed by atoms with van der Waals surface area (Å²) in [6.07, 6.45) is 6.31. The van der Waals surface area contributed by atoms with Crippen molar-refractivity contribution >= 4 is 44.5 Å². The number of nitrogens with zero attached hydrogens (tertiary/aromatic N) is 1. The lowest BCUT2D eigenvalue weighted by Crippen LogP contribution is -2.26. The molecule has 0 aromatic heterocycles. The number of sulfonamides is 1. The molecule has 0 saturated carbocycles. The monoisotopic (exact) mass is 542 g/mol. The molecule has 1 N–H and O–H groups in total. The van der Waals surface area contributed by atoms with Crippen molar-refractivity contribution in [3.63, 3.8) is 0 Å². The van der Waals surface area contributed by atoms with Crippen LogP contribution in [0.5, 0.6) is 0 Å². The molecule has 30 heavy (non-hydrogen) atoms. The number of fused-ring (bicyclic) bond motifs is 2. The molecule has 8 heteroatoms. The van der Waals surface area contributed by atoms with Crippen LogP contribution in [0.3, 0.4) is 0 Å². The van der Waals surface area contributed by atoms with Crippen LogP contribution in [0.1, 0.15) is 56.2 Å². The normalized spacial score (nSPS) is 16.4. The Morgan fingerprint density at radius 1 is 1.03 bits per heavy atom. The first-order valence-corrected chi connectivity index (χ1v) is 12.5. The summed E-state index contributed by atoms with van der Waals surface area (Å²) in [5.74, 6) is 0. The molecule has 1 aliphatic heterocycles. The minimum atomic E-state index is -3.58. The Morgan fingerprint density at radius 2 is 1.70 bits per heavy atom. The summed E-state index contributed by atoms with van der Waals surface area (Å²) in [6, 6.07) is 13.4. The lowest BCUT2D eigenvalue weighted by Gasteiger charge is -2.22. The molecule has 0 radical (unpaired) electrons. The van der Waals surface area contributed by atoms with Gasteiger partial charge in [0.2, 0.25) is 0 Å². The molecular formula is C22H27IN2O4S. The Hall–Kier alpha value is -1.74. The predicted octanol–water partition coefficient (Wildman–Crippen LogP) is 4.50. The fourth-order valence-corrected chi connectivity index (χ4v) is 5.81. The van der Waals surface area contributed by atoms with Gasteiger partial charge >= 0.3 is 6.15 Å². The Kier molecular flexibility index (Phi) is 9.48. The van der Waals surface area contributed by atoms with E-state index in [-0.39, 0.29) is 12.2 Å². The number of carbonyl (C=O) groups excluding carboxylic acids is 2. The van der Waals surface area contributed by atoms with E-state index in [9.17, 15) is 8.42 Å². The number of para-hydroxylation sites is 1. The second kappa shape index (κ2) is 11.6. The molecule has 1 aliphatic rings. The summed E-state index contributed by atoms with van der Waals surface area (Å²) in [5.41, 5.74) is 2.59. The van der Waals surface area contributed by atoms with Crippen molar-refractivity contribution in [2.24, 2.45) is 0 Å². The van der Waals surface area contributed by atoms with Crippen LogP contribution in [0.25, 0.3) is 0 Å². The zero-order valence-corrected chi connectivity index (χ0v) is 20.2. The van der Waals surface area contributed by atoms with E-state index < -0.39 is 10.0 Å². The third-order valence-corrected chi connectivity index (χ3v) is 7.64. The molecule has 1 heterocycles. The zero-order chi connectivity index (χ0) is 22.1. The number of halogens is 1. The molecular weight excluding hydrogens is 515 g/mol. The predicted molar refractivity (Wildman–Crippen MR) is 125 cm³/mol. The van der Waals surface area contributed by atoms with E-state index in [0.29, 0.717) is 4.90 Å². The second-order valence-electron chi connectivity index (χ2n) is 7.10. The van der Waals surface area contributed by atoms with Crippen LogP contribution in [0.4, 0.5) is 5.69 Å². The van der Waals surface area contributed by atoms with Crippen molar-refractivity contribution in [2.75, 3.05) is 17.9 Å². The molecule has 1 unspecified atom stereocenters. The highest BCUT2D eigenvalue weighted by Crippen LogP contribution is 2.40. The molecule has 0 bridgehead atoms. The van der Waals surface area contributed by atoms with Gasteiger partial charge in [-0.2, -0.15) is 9.59 Å². The van der Waals surface area contributed by atoms with E-state index in [1.807, 2.05) is 36.4 Å². The minimum absolute atomic E-state index is 0.126. The molecule has 0 aliphatic carbocycles. The van der Waals surface area contributed by atoms with Crippen molar-refractivity contribution in [3.8, 4) is 0 Å². The van der Waals surface area contributed by atoms with Crippen LogP contribution >= 0.6 is 22.6 Å². The minimum Gasteiger partial charge on any atom is -0.306 e. The number of benzene rings is 2. The zero-order valence-electron chi connectivity index (χ0n) is 17.2. The van der Waals surface area contributed by atoms with Crippen LogP contribution in [0.15, 0.2) is 47.4 Å². The Labute approximate surface area is 192 Å². The average molecular weight is 542 g/mol. The quantitative estimate of drug-likeness (QED) is 0.412. The number of rotatable bonds is 7. The maximum Gasteiger partial charge on any atom is 0.373 e. The molecule has 0 amide bonds. The number of hydrogen-bond acceptors (Lipinski definition) is 5. The third-order valence-electron chi connectivity index (χ3n) is 5.14. The summed E-state index contributed by atoms with van der Waals surface area (Å²) in [4.78, 5) is 16.6. The van der Waals surface area contributed by atoms with Gasteiger partial charge < -0.3 is 5.32 Å². The van der Waals surface area contributed by atoms with E-state index in [1.54, 1.807) is 13.1 Å². The van der Waals surface area contributed by atoms with Gasteiger partial charge in [0.25, 0.3) is 10.0 Å². The fraction of sp³-hybridized carbons (Fsp3) is 0.409. The summed E-state index contributed by atoms with van der Waals surface area (Å²) < 4.78 is 28.8. The van der Waals surface area contributed by atoms with Gasteiger partial charge in [0.15, 0.2) is 0 Å². The van der Waals surface area contributed by atoms with E-state index in [0.717, 1.165) is 33.4 Å². The first-order chi connectivity index (χ1) is 14.4. The van der Waals surface area contributed by atoms with Gasteiger partial charge in [-0.3, -0.25) is 4.31 Å². The highest BCUT2D eigenvalue weighted by molar-refractivity contribution is 14.1. The molecule has 0 spiro atoms. The summed E-state index contributed by atoms with van der Waals surface area (Å²) in [6.45, 7) is 3.09. The molecule has 162 valence electrons. The van der Waals surface area contributed by atoms with Gasteiger partial charge in [-0.1, -0.05) is 56.9 Å². The molecule has 3 rings (SSSR count). The van der Waals surface area contributed by atoms with Gasteiger partial charge in [0.05, 0.1) is 16.6 Å². The first-order valence-electron chi connectivity index (χ1n) is 9.98. The second-order valence-corrected chi connectivity index (χ2v) is 10.3. The van der Waals surface area contributed by atoms with Crippen molar-refractivity contribution in [3.05, 3.63) is 57.2 Å². The Morgan fingerprint density at radius 3 is 2.40 bits per heavy atom. The maximum absolute atomic E-state index is 13.2. The third kappa shape index (κ3) is 5.69. The topological polar surface area (TPSA) is 83.6 Å². The van der Waals surface area contributed by atoms with E-state index >= 15 is 0 Å². The lowest BCUT2D eigenvalue weighted by atomic mass is 9.96. The highest BCUT2D eigenvalue weighted by Gasteiger charge is 2.34. The smallest absolute Gasteiger partial charge is 0.306 e. The standard InChI is InChI=1S/C21H27IN2O2S.CO2/c1-3-4-5-6-9-14-23-21-17-10-7-8-11-19(17)24(2)27(25,26)20-15-16(22)12-13-18(20)21;2-1-3/h7-8,10-13,15,21,23H,3-6,9,14H2,1-2H3;. The van der Waals surface area contributed by atoms with Crippen LogP contribution in [0, 0.1) is 3.57 Å².